The van der Waals surface area contributed by atoms with Crippen LogP contribution in [0.25, 0.3) is 0 Å². The van der Waals surface area contributed by atoms with Crippen LogP contribution >= 0.6 is 99.9 Å². The van der Waals surface area contributed by atoms with Crippen LogP contribution in [0, 0.1) is 27.2 Å². The van der Waals surface area contributed by atoms with Crippen molar-refractivity contribution in [2.45, 2.75) is 49.5 Å². The summed E-state index contributed by atoms with van der Waals surface area (Å²) < 4.78 is 0. The number of halogens is 5. The number of non-ortho nitro benzene ring substituents is 2. The summed E-state index contributed by atoms with van der Waals surface area (Å²) in [6.07, 6.45) is 0. The van der Waals surface area contributed by atoms with E-state index in [4.69, 9.17) is 5.73 Å². The van der Waals surface area contributed by atoms with E-state index in [0.717, 1.165) is 5.56 Å². The minimum absolute atomic E-state index is 0. The molecule has 0 aromatic heterocycles. The molecule has 0 bridgehead atoms. The Balaban J connectivity index is -0.0000000573. The number of nitrogens with two attached hydrogens (primary N) is 1. The van der Waals surface area contributed by atoms with Crippen LogP contribution in [0.1, 0.15) is 48.1 Å². The first-order chi connectivity index (χ1) is 14.5. The predicted octanol–water partition coefficient (Wildman–Crippen LogP) is 11.0. The van der Waals surface area contributed by atoms with E-state index in [1.165, 1.54) is 36.4 Å². The van der Waals surface area contributed by atoms with Crippen LogP contribution in [0.3, 0.4) is 0 Å². The molecule has 0 amide bonds. The van der Waals surface area contributed by atoms with Crippen molar-refractivity contribution in [1.29, 1.82) is 0 Å². The predicted molar refractivity (Wildman–Crippen MR) is 187 cm³/mol. The molecule has 5 N–H and O–H groups in total. The van der Waals surface area contributed by atoms with Gasteiger partial charge >= 0.3 is 114 Å². The summed E-state index contributed by atoms with van der Waals surface area (Å²) in [7, 11) is 0.628. The number of nitro benzene ring substituents is 2. The Morgan fingerprint density at radius 3 is 1.18 bits per heavy atom. The molecular formula is C19H36I5N4O4V2. The van der Waals surface area contributed by atoms with Crippen molar-refractivity contribution in [3.8, 4) is 0 Å². The second-order valence-corrected chi connectivity index (χ2v) is 51.4. The van der Waals surface area contributed by atoms with E-state index in [1.54, 1.807) is 12.1 Å². The molecule has 0 fully saturated rings. The number of rotatable bonds is 2. The van der Waals surface area contributed by atoms with Gasteiger partial charge in [-0.2, -0.15) is 0 Å². The van der Waals surface area contributed by atoms with E-state index in [2.05, 4.69) is 99.9 Å². The normalized spacial score (nSPS) is 7.26. The van der Waals surface area contributed by atoms with Crippen LogP contribution in [-0.2, 0) is 14.4 Å². The number of nitrogen functional groups attached to an aromatic ring is 1. The molecule has 0 spiro atoms. The summed E-state index contributed by atoms with van der Waals surface area (Å²) >= 11 is 12.1. The van der Waals surface area contributed by atoms with Gasteiger partial charge in [0.15, 0.2) is 0 Å². The number of nitro groups is 2. The van der Waals surface area contributed by atoms with Crippen LogP contribution < -0.4 is 11.9 Å². The van der Waals surface area contributed by atoms with Crippen LogP contribution in [0.15, 0.2) is 48.5 Å². The van der Waals surface area contributed by atoms with Gasteiger partial charge in [0.1, 0.15) is 0 Å². The fraction of sp³-hybridized carbons (Fsp3) is 0.368. The molecule has 201 valence electrons. The fourth-order valence-electron chi connectivity index (χ4n) is 1.26. The molecule has 2 aromatic rings. The van der Waals surface area contributed by atoms with Crippen molar-refractivity contribution in [3.05, 3.63) is 74.3 Å². The second kappa shape index (κ2) is 39.3. The minimum atomic E-state index is -0.459. The summed E-state index contributed by atoms with van der Waals surface area (Å²) in [5, 5.41) is 20.2. The van der Waals surface area contributed by atoms with Gasteiger partial charge in [0.05, 0.1) is 9.85 Å². The molecule has 0 aliphatic heterocycles. The Labute approximate surface area is 272 Å². The Bertz CT molecular complexity index is 629. The molecule has 34 heavy (non-hydrogen) atoms. The molecule has 2 aromatic carbocycles. The summed E-state index contributed by atoms with van der Waals surface area (Å²) in [5.41, 5.74) is 7.08. The molecule has 0 atom stereocenters. The maximum absolute atomic E-state index is 10.1. The first-order valence-electron chi connectivity index (χ1n) is 8.45. The van der Waals surface area contributed by atoms with Gasteiger partial charge in [-0.25, -0.2) is 0 Å². The zero-order chi connectivity index (χ0) is 25.4. The quantitative estimate of drug-likeness (QED) is 0.132. The third kappa shape index (κ3) is 41.0. The topological polar surface area (TPSA) is 147 Å². The van der Waals surface area contributed by atoms with E-state index in [1.807, 2.05) is 34.6 Å². The Hall–Kier alpha value is 1.82. The number of aryl methyl sites for hydroxylation is 1. The van der Waals surface area contributed by atoms with Gasteiger partial charge in [-0.05, 0) is 19.1 Å². The van der Waals surface area contributed by atoms with Crippen LogP contribution in [-0.4, -0.2) is 9.85 Å². The van der Waals surface area contributed by atoms with Crippen LogP contribution in [0.4, 0.5) is 17.1 Å². The van der Waals surface area contributed by atoms with E-state index in [9.17, 15) is 20.2 Å². The van der Waals surface area contributed by atoms with Gasteiger partial charge < -0.3 is 11.9 Å². The van der Waals surface area contributed by atoms with Crippen molar-refractivity contribution in [2.24, 2.45) is 0 Å². The molecular weight excluding hydrogens is 1080 g/mol. The number of benzene rings is 2. The molecule has 0 unspecified atom stereocenters. The summed E-state index contributed by atoms with van der Waals surface area (Å²) in [6, 6.07) is 12.2. The number of anilines is 1. The van der Waals surface area contributed by atoms with Gasteiger partial charge in [0.25, 0.3) is 11.4 Å². The molecule has 0 aliphatic carbocycles. The molecule has 0 aliphatic rings. The van der Waals surface area contributed by atoms with Crippen molar-refractivity contribution < 1.29 is 24.2 Å². The Kier molecular flexibility index (Phi) is 60.5. The standard InChI is InChI=1S/C7H7NO2.C6H6N2O2.2C2H6.2CH4.5HI.H3N.2V/c1-6-2-4-7(5-3-6)8(9)10;7-5-1-3-6(4-2-5)8(9)10;2*1-2;;;;;;;;;;/h2-5H,1H3;1-4H,7H2;2*1-2H3;2*1H4;5*1H;1H3;;/q;;;;;;;;;;;;+2;+3/p-5. The second-order valence-electron chi connectivity index (χ2n) is 4.20. The Morgan fingerprint density at radius 1 is 0.765 bits per heavy atom. The molecule has 0 saturated heterocycles. The van der Waals surface area contributed by atoms with Crippen molar-refractivity contribution in [3.63, 3.8) is 0 Å². The van der Waals surface area contributed by atoms with Gasteiger partial charge in [-0.15, -0.1) is 0 Å². The monoisotopic (exact) mass is 1120 g/mol. The Morgan fingerprint density at radius 2 is 0.971 bits per heavy atom. The first-order valence-corrected chi connectivity index (χ1v) is 31.0. The molecule has 2 rings (SSSR count). The van der Waals surface area contributed by atoms with Crippen LogP contribution in [0.5, 0.6) is 0 Å². The SMILES string of the molecule is C.C.CC.CC.Cc1ccc([N+](=O)[O-])cc1.N.Nc1ccc([N+](=O)[O-])cc1.[I][V]([I])[I].[I][V][I]. The van der Waals surface area contributed by atoms with Gasteiger partial charge in [0, 0.05) is 30.0 Å². The average Bonchev–Trinajstić information content (AvgIpc) is 2.72. The average molecular weight is 1120 g/mol. The molecule has 0 saturated carbocycles. The van der Waals surface area contributed by atoms with E-state index < -0.39 is 9.85 Å². The zero-order valence-electron chi connectivity index (χ0n) is 18.2. The van der Waals surface area contributed by atoms with Gasteiger partial charge in [-0.3, -0.25) is 20.2 Å². The maximum atomic E-state index is 10.1. The molecule has 8 nitrogen and oxygen atoms in total. The number of hydrogen-bond acceptors (Lipinski definition) is 6. The van der Waals surface area contributed by atoms with Gasteiger partial charge in [0.2, 0.25) is 0 Å². The summed E-state index contributed by atoms with van der Waals surface area (Å²) in [4.78, 5) is 19.1. The van der Waals surface area contributed by atoms with Crippen molar-refractivity contribution in [2.75, 3.05) is 5.73 Å². The third-order valence-corrected chi connectivity index (χ3v) is 2.35. The molecule has 0 radical (unpaired) electrons. The van der Waals surface area contributed by atoms with Gasteiger partial charge in [-0.1, -0.05) is 60.2 Å². The first kappa shape index (κ1) is 52.3. The van der Waals surface area contributed by atoms with E-state index in [0.29, 0.717) is 15.2 Å². The van der Waals surface area contributed by atoms with E-state index >= 15 is 0 Å². The van der Waals surface area contributed by atoms with Crippen LogP contribution in [0.2, 0.25) is 0 Å². The summed E-state index contributed by atoms with van der Waals surface area (Å²) in [6.45, 7) is 9.89. The molecule has 15 heteroatoms. The van der Waals surface area contributed by atoms with E-state index in [-0.39, 0.29) is 37.3 Å². The number of hydrogen-bond donors (Lipinski definition) is 2. The molecule has 0 heterocycles. The number of nitrogens with zero attached hydrogens (tertiary/aromatic N) is 2. The summed E-state index contributed by atoms with van der Waals surface area (Å²) in [5.74, 6) is 0. The van der Waals surface area contributed by atoms with Crippen molar-refractivity contribution in [1.82, 2.24) is 6.15 Å². The fourth-order valence-corrected chi connectivity index (χ4v) is 1.26. The third-order valence-electron chi connectivity index (χ3n) is 2.35. The zero-order valence-corrected chi connectivity index (χ0v) is 31.8. The van der Waals surface area contributed by atoms with Crippen molar-refractivity contribution >= 4 is 117 Å².